The number of hydrogen-bond donors (Lipinski definition) is 0. The van der Waals surface area contributed by atoms with Crippen LogP contribution in [0.4, 0.5) is 0 Å². The molecule has 0 N–H and O–H groups in total. The van der Waals surface area contributed by atoms with Crippen molar-refractivity contribution in [2.45, 2.75) is 0 Å². The van der Waals surface area contributed by atoms with Crippen LogP contribution < -0.4 is 4.84 Å². The van der Waals surface area contributed by atoms with Crippen LogP contribution >= 0.6 is 31.9 Å². The third-order valence-corrected chi connectivity index (χ3v) is 3.40. The second kappa shape index (κ2) is 4.14. The average molecular weight is 317 g/mol. The lowest BCUT2D eigenvalue weighted by molar-refractivity contribution is 0.178. The van der Waals surface area contributed by atoms with Crippen LogP contribution in [0.3, 0.4) is 0 Å². The summed E-state index contributed by atoms with van der Waals surface area (Å²) in [7, 11) is 0. The van der Waals surface area contributed by atoms with E-state index in [0.29, 0.717) is 5.75 Å². The zero-order chi connectivity index (χ0) is 9.97. The average Bonchev–Trinajstić information content (AvgIpc) is 2.64. The van der Waals surface area contributed by atoms with E-state index >= 15 is 0 Å². The van der Waals surface area contributed by atoms with Gasteiger partial charge in [-0.25, -0.2) is 0 Å². The number of benzene rings is 1. The van der Waals surface area contributed by atoms with Crippen molar-refractivity contribution in [2.75, 3.05) is 0 Å². The van der Waals surface area contributed by atoms with Gasteiger partial charge in [0.05, 0.1) is 6.20 Å². The highest BCUT2D eigenvalue weighted by Gasteiger charge is 2.00. The van der Waals surface area contributed by atoms with E-state index < -0.39 is 0 Å². The van der Waals surface area contributed by atoms with E-state index in [0.717, 1.165) is 8.95 Å². The molecule has 0 spiro atoms. The van der Waals surface area contributed by atoms with Crippen LogP contribution in [0.2, 0.25) is 0 Å². The van der Waals surface area contributed by atoms with Crippen molar-refractivity contribution in [1.29, 1.82) is 0 Å². The van der Waals surface area contributed by atoms with Gasteiger partial charge in [0, 0.05) is 8.95 Å². The summed E-state index contributed by atoms with van der Waals surface area (Å²) in [6.07, 6.45) is 4.32. The number of halogens is 2. The largest absolute Gasteiger partial charge is 0.358 e. The minimum Gasteiger partial charge on any atom is -0.358 e. The number of aromatic nitrogens is 2. The van der Waals surface area contributed by atoms with E-state index in [9.17, 15) is 0 Å². The highest BCUT2D eigenvalue weighted by molar-refractivity contribution is 9.13. The maximum Gasteiger partial charge on any atom is 0.159 e. The van der Waals surface area contributed by atoms with Gasteiger partial charge in [-0.2, -0.15) is 0 Å². The Morgan fingerprint density at radius 2 is 2.14 bits per heavy atom. The molecule has 1 radical (unpaired) electrons. The van der Waals surface area contributed by atoms with Crippen LogP contribution in [-0.2, 0) is 0 Å². The van der Waals surface area contributed by atoms with Crippen molar-refractivity contribution in [2.24, 2.45) is 0 Å². The number of hydrogen-bond acceptors (Lipinski definition) is 2. The minimum atomic E-state index is 0.706. The Labute approximate surface area is 97.9 Å². The van der Waals surface area contributed by atoms with Crippen LogP contribution in [-0.4, -0.2) is 9.94 Å². The molecule has 0 unspecified atom stereocenters. The molecule has 1 aromatic heterocycles. The first kappa shape index (κ1) is 9.73. The molecule has 0 saturated carbocycles. The Balaban J connectivity index is 2.22. The Morgan fingerprint density at radius 3 is 2.79 bits per heavy atom. The molecular formula is C9H5Br2N2O. The van der Waals surface area contributed by atoms with E-state index in [4.69, 9.17) is 4.84 Å². The van der Waals surface area contributed by atoms with Crippen molar-refractivity contribution in [1.82, 2.24) is 9.94 Å². The first-order valence-electron chi connectivity index (χ1n) is 3.81. The standard InChI is InChI=1S/C9H5Br2N2O/c10-8-3-2-7(6-9(8)11)14-13-5-1-4-12-13/h1-3,5-6H. The van der Waals surface area contributed by atoms with Gasteiger partial charge in [-0.3, -0.25) is 0 Å². The quantitative estimate of drug-likeness (QED) is 0.851. The maximum atomic E-state index is 5.38. The molecule has 1 heterocycles. The van der Waals surface area contributed by atoms with E-state index in [2.05, 4.69) is 43.2 Å². The first-order chi connectivity index (χ1) is 6.75. The van der Waals surface area contributed by atoms with Crippen molar-refractivity contribution in [3.8, 4) is 5.75 Å². The zero-order valence-corrected chi connectivity index (χ0v) is 10.1. The third kappa shape index (κ3) is 2.16. The molecule has 14 heavy (non-hydrogen) atoms. The molecule has 0 bridgehead atoms. The highest BCUT2D eigenvalue weighted by atomic mass is 79.9. The summed E-state index contributed by atoms with van der Waals surface area (Å²) in [6.45, 7) is 0. The van der Waals surface area contributed by atoms with Crippen molar-refractivity contribution in [3.05, 3.63) is 45.6 Å². The van der Waals surface area contributed by atoms with Crippen LogP contribution in [0.25, 0.3) is 0 Å². The smallest absolute Gasteiger partial charge is 0.159 e. The maximum absolute atomic E-state index is 5.38. The molecule has 0 fully saturated rings. The fourth-order valence-electron chi connectivity index (χ4n) is 0.913. The van der Waals surface area contributed by atoms with E-state index in [1.807, 2.05) is 18.2 Å². The van der Waals surface area contributed by atoms with Crippen LogP contribution in [0.15, 0.2) is 39.4 Å². The predicted octanol–water partition coefficient (Wildman–Crippen LogP) is 3.05. The van der Waals surface area contributed by atoms with Gasteiger partial charge >= 0.3 is 0 Å². The normalized spacial score (nSPS) is 10.1. The summed E-state index contributed by atoms with van der Waals surface area (Å²) >= 11 is 6.76. The Morgan fingerprint density at radius 1 is 1.29 bits per heavy atom. The molecule has 2 rings (SSSR count). The van der Waals surface area contributed by atoms with Crippen LogP contribution in [0.1, 0.15) is 0 Å². The predicted molar refractivity (Wildman–Crippen MR) is 58.9 cm³/mol. The van der Waals surface area contributed by atoms with E-state index in [1.54, 1.807) is 12.3 Å². The molecule has 1 aromatic carbocycles. The van der Waals surface area contributed by atoms with Gasteiger partial charge in [0.2, 0.25) is 0 Å². The number of nitrogens with zero attached hydrogens (tertiary/aromatic N) is 2. The molecule has 0 aliphatic rings. The molecular weight excluding hydrogens is 312 g/mol. The molecule has 0 aliphatic carbocycles. The van der Waals surface area contributed by atoms with Gasteiger partial charge in [-0.15, -0.1) is 5.10 Å². The second-order valence-corrected chi connectivity index (χ2v) is 4.22. The van der Waals surface area contributed by atoms with Crippen LogP contribution in [0, 0.1) is 6.20 Å². The first-order valence-corrected chi connectivity index (χ1v) is 5.39. The molecule has 0 saturated heterocycles. The summed E-state index contributed by atoms with van der Waals surface area (Å²) in [4.78, 5) is 6.72. The molecule has 3 nitrogen and oxygen atoms in total. The molecule has 5 heteroatoms. The van der Waals surface area contributed by atoms with Crippen molar-refractivity contribution < 1.29 is 4.84 Å². The lowest BCUT2D eigenvalue weighted by atomic mass is 10.3. The summed E-state index contributed by atoms with van der Waals surface area (Å²) in [5.74, 6) is 0.706. The van der Waals surface area contributed by atoms with E-state index in [1.165, 1.54) is 4.85 Å². The van der Waals surface area contributed by atoms with Crippen LogP contribution in [0.5, 0.6) is 5.75 Å². The zero-order valence-electron chi connectivity index (χ0n) is 6.95. The Hall–Kier alpha value is -0.810. The highest BCUT2D eigenvalue weighted by Crippen LogP contribution is 2.27. The SMILES string of the molecule is Brc1ccc(On2cc[c]n2)cc1Br. The fraction of sp³-hybridized carbons (Fsp3) is 0. The molecule has 0 amide bonds. The minimum absolute atomic E-state index is 0.706. The summed E-state index contributed by atoms with van der Waals surface area (Å²) < 4.78 is 1.92. The van der Waals surface area contributed by atoms with Gasteiger partial charge in [-0.05, 0) is 56.1 Å². The molecule has 71 valence electrons. The van der Waals surface area contributed by atoms with Gasteiger partial charge in [0.25, 0.3) is 0 Å². The summed E-state index contributed by atoms with van der Waals surface area (Å²) in [5.41, 5.74) is 0. The monoisotopic (exact) mass is 315 g/mol. The van der Waals surface area contributed by atoms with Gasteiger partial charge in [-0.1, -0.05) is 4.85 Å². The third-order valence-electron chi connectivity index (χ3n) is 1.52. The molecule has 2 aromatic rings. The van der Waals surface area contributed by atoms with Crippen molar-refractivity contribution in [3.63, 3.8) is 0 Å². The van der Waals surface area contributed by atoms with Gasteiger partial charge < -0.3 is 4.84 Å². The number of rotatable bonds is 2. The topological polar surface area (TPSA) is 27.1 Å². The van der Waals surface area contributed by atoms with Crippen molar-refractivity contribution >= 4 is 31.9 Å². The second-order valence-electron chi connectivity index (χ2n) is 2.51. The van der Waals surface area contributed by atoms with Gasteiger partial charge in [0.1, 0.15) is 6.20 Å². The Kier molecular flexibility index (Phi) is 2.88. The summed E-state index contributed by atoms with van der Waals surface area (Å²) in [5, 5.41) is 3.81. The lowest BCUT2D eigenvalue weighted by Crippen LogP contribution is -2.04. The van der Waals surface area contributed by atoms with Gasteiger partial charge in [0.15, 0.2) is 5.75 Å². The molecule has 0 aliphatic heterocycles. The fourth-order valence-corrected chi connectivity index (χ4v) is 1.52. The Bertz CT molecular complexity index is 428. The molecule has 0 atom stereocenters. The lowest BCUT2D eigenvalue weighted by Gasteiger charge is -2.04. The summed E-state index contributed by atoms with van der Waals surface area (Å²) in [6, 6.07) is 7.27. The van der Waals surface area contributed by atoms with E-state index in [-0.39, 0.29) is 0 Å².